The molecule has 1 unspecified atom stereocenters. The van der Waals surface area contributed by atoms with E-state index in [-0.39, 0.29) is 19.1 Å². The Hall–Kier alpha value is -3.22. The van der Waals surface area contributed by atoms with E-state index in [1.54, 1.807) is 43.5 Å². The molecule has 0 aliphatic carbocycles. The Kier molecular flexibility index (Phi) is 5.58. The minimum absolute atomic E-state index is 0.0904. The van der Waals surface area contributed by atoms with E-state index in [0.29, 0.717) is 18.0 Å². The summed E-state index contributed by atoms with van der Waals surface area (Å²) in [5, 5.41) is 2.72. The summed E-state index contributed by atoms with van der Waals surface area (Å²) < 4.78 is 15.8. The fraction of sp³-hybridized carbons (Fsp3) is 0.263. The maximum absolute atomic E-state index is 12.0. The summed E-state index contributed by atoms with van der Waals surface area (Å²) in [5.74, 6) is 1.07. The van der Waals surface area contributed by atoms with Crippen LogP contribution >= 0.6 is 0 Å². The molecule has 0 bridgehead atoms. The first-order chi connectivity index (χ1) is 12.7. The lowest BCUT2D eigenvalue weighted by atomic mass is 10.2. The lowest BCUT2D eigenvalue weighted by Gasteiger charge is -2.13. The second-order valence-electron chi connectivity index (χ2n) is 5.72. The molecule has 7 heteroatoms. The molecular weight excluding hydrogens is 336 g/mol. The average molecular weight is 356 g/mol. The van der Waals surface area contributed by atoms with Crippen molar-refractivity contribution in [2.24, 2.45) is 0 Å². The van der Waals surface area contributed by atoms with Gasteiger partial charge in [-0.15, -0.1) is 0 Å². The summed E-state index contributed by atoms with van der Waals surface area (Å²) in [6.07, 6.45) is -0.847. The number of nitrogens with one attached hydrogen (secondary N) is 1. The molecule has 3 rings (SSSR count). The summed E-state index contributed by atoms with van der Waals surface area (Å²) in [5.41, 5.74) is 0.719. The third-order valence-electron chi connectivity index (χ3n) is 3.90. The number of nitrogens with zero attached hydrogens (tertiary/aromatic N) is 1. The number of rotatable bonds is 7. The Bertz CT molecular complexity index is 748. The van der Waals surface area contributed by atoms with Crippen LogP contribution in [0.1, 0.15) is 0 Å². The number of hydrogen-bond donors (Lipinski definition) is 1. The van der Waals surface area contributed by atoms with Crippen LogP contribution in [0, 0.1) is 0 Å². The number of benzene rings is 2. The van der Waals surface area contributed by atoms with Crippen LogP contribution in [0.4, 0.5) is 10.5 Å². The van der Waals surface area contributed by atoms with Gasteiger partial charge in [0.1, 0.15) is 17.6 Å². The Morgan fingerprint density at radius 1 is 1.15 bits per heavy atom. The van der Waals surface area contributed by atoms with Crippen molar-refractivity contribution in [3.63, 3.8) is 0 Å². The number of hydrogen-bond acceptors (Lipinski definition) is 5. The predicted octanol–water partition coefficient (Wildman–Crippen LogP) is 2.22. The molecule has 0 radical (unpaired) electrons. The number of carbonyl (C=O) groups is 2. The summed E-state index contributed by atoms with van der Waals surface area (Å²) in [6.45, 7) is 0.507. The van der Waals surface area contributed by atoms with Crippen LogP contribution in [0.15, 0.2) is 54.6 Å². The van der Waals surface area contributed by atoms with Gasteiger partial charge in [0.15, 0.2) is 6.61 Å². The fourth-order valence-corrected chi connectivity index (χ4v) is 2.55. The van der Waals surface area contributed by atoms with Crippen molar-refractivity contribution in [2.45, 2.75) is 6.10 Å². The zero-order chi connectivity index (χ0) is 18.4. The summed E-state index contributed by atoms with van der Waals surface area (Å²) in [6, 6.07) is 16.2. The zero-order valence-electron chi connectivity index (χ0n) is 14.4. The minimum Gasteiger partial charge on any atom is -0.497 e. The number of amides is 2. The third-order valence-corrected chi connectivity index (χ3v) is 3.90. The quantitative estimate of drug-likeness (QED) is 0.823. The van der Waals surface area contributed by atoms with Crippen LogP contribution in [0.5, 0.6) is 11.5 Å². The molecule has 1 N–H and O–H groups in total. The first-order valence-corrected chi connectivity index (χ1v) is 8.22. The first-order valence-electron chi connectivity index (χ1n) is 8.22. The monoisotopic (exact) mass is 356 g/mol. The van der Waals surface area contributed by atoms with Crippen LogP contribution in [-0.4, -0.2) is 44.9 Å². The van der Waals surface area contributed by atoms with Gasteiger partial charge in [0.25, 0.3) is 5.91 Å². The Morgan fingerprint density at radius 3 is 2.58 bits per heavy atom. The highest BCUT2D eigenvalue weighted by Crippen LogP contribution is 2.23. The number of cyclic esters (lactones) is 1. The molecule has 2 amide bonds. The molecule has 2 aromatic carbocycles. The molecular formula is C19H20N2O5. The maximum Gasteiger partial charge on any atom is 0.414 e. The molecule has 1 fully saturated rings. The third kappa shape index (κ3) is 4.44. The van der Waals surface area contributed by atoms with Gasteiger partial charge in [0, 0.05) is 5.69 Å². The van der Waals surface area contributed by atoms with E-state index in [0.717, 1.165) is 5.69 Å². The van der Waals surface area contributed by atoms with Gasteiger partial charge >= 0.3 is 6.09 Å². The van der Waals surface area contributed by atoms with Crippen molar-refractivity contribution in [1.82, 2.24) is 5.32 Å². The van der Waals surface area contributed by atoms with Gasteiger partial charge < -0.3 is 19.5 Å². The van der Waals surface area contributed by atoms with E-state index >= 15 is 0 Å². The van der Waals surface area contributed by atoms with Crippen LogP contribution in [0.3, 0.4) is 0 Å². The number of para-hydroxylation sites is 1. The largest absolute Gasteiger partial charge is 0.497 e. The van der Waals surface area contributed by atoms with Gasteiger partial charge in [-0.1, -0.05) is 18.2 Å². The van der Waals surface area contributed by atoms with Crippen molar-refractivity contribution in [1.29, 1.82) is 0 Å². The van der Waals surface area contributed by atoms with Gasteiger partial charge in [-0.05, 0) is 36.4 Å². The normalized spacial score (nSPS) is 16.1. The van der Waals surface area contributed by atoms with E-state index in [9.17, 15) is 9.59 Å². The van der Waals surface area contributed by atoms with Gasteiger partial charge in [-0.25, -0.2) is 4.79 Å². The summed E-state index contributed by atoms with van der Waals surface area (Å²) in [4.78, 5) is 25.4. The van der Waals surface area contributed by atoms with Crippen molar-refractivity contribution in [2.75, 3.05) is 31.7 Å². The zero-order valence-corrected chi connectivity index (χ0v) is 14.4. The Labute approximate surface area is 151 Å². The molecule has 26 heavy (non-hydrogen) atoms. The van der Waals surface area contributed by atoms with Gasteiger partial charge in [-0.2, -0.15) is 0 Å². The van der Waals surface area contributed by atoms with Gasteiger partial charge in [0.05, 0.1) is 20.2 Å². The molecule has 0 aromatic heterocycles. The van der Waals surface area contributed by atoms with Crippen molar-refractivity contribution < 1.29 is 23.8 Å². The number of carbonyl (C=O) groups excluding carboxylic acids is 2. The van der Waals surface area contributed by atoms with E-state index in [4.69, 9.17) is 14.2 Å². The maximum atomic E-state index is 12.0. The first kappa shape index (κ1) is 17.6. The van der Waals surface area contributed by atoms with Crippen molar-refractivity contribution >= 4 is 17.7 Å². The predicted molar refractivity (Wildman–Crippen MR) is 95.6 cm³/mol. The minimum atomic E-state index is -0.435. The lowest BCUT2D eigenvalue weighted by Crippen LogP contribution is -2.37. The highest BCUT2D eigenvalue weighted by Gasteiger charge is 2.32. The SMILES string of the molecule is COc1ccc(N2CC(CNC(=O)COc3ccccc3)OC2=O)cc1. The van der Waals surface area contributed by atoms with Crippen molar-refractivity contribution in [3.05, 3.63) is 54.6 Å². The molecule has 0 spiro atoms. The highest BCUT2D eigenvalue weighted by molar-refractivity contribution is 5.89. The van der Waals surface area contributed by atoms with E-state index in [1.165, 1.54) is 4.90 Å². The smallest absolute Gasteiger partial charge is 0.414 e. The Morgan fingerprint density at radius 2 is 1.88 bits per heavy atom. The molecule has 136 valence electrons. The molecule has 2 aromatic rings. The highest BCUT2D eigenvalue weighted by atomic mass is 16.6. The van der Waals surface area contributed by atoms with Crippen LogP contribution < -0.4 is 19.7 Å². The van der Waals surface area contributed by atoms with Gasteiger partial charge in [-0.3, -0.25) is 9.69 Å². The molecule has 1 aliphatic rings. The molecule has 1 aliphatic heterocycles. The molecule has 1 atom stereocenters. The molecule has 1 saturated heterocycles. The average Bonchev–Trinajstić information content (AvgIpc) is 3.06. The Balaban J connectivity index is 1.45. The molecule has 7 nitrogen and oxygen atoms in total. The topological polar surface area (TPSA) is 77.1 Å². The second-order valence-corrected chi connectivity index (χ2v) is 5.72. The van der Waals surface area contributed by atoms with Crippen molar-refractivity contribution in [3.8, 4) is 11.5 Å². The lowest BCUT2D eigenvalue weighted by molar-refractivity contribution is -0.123. The number of methoxy groups -OCH3 is 1. The van der Waals surface area contributed by atoms with E-state index in [1.807, 2.05) is 18.2 Å². The molecule has 1 heterocycles. The summed E-state index contributed by atoms with van der Waals surface area (Å²) in [7, 11) is 1.58. The van der Waals surface area contributed by atoms with Crippen LogP contribution in [-0.2, 0) is 9.53 Å². The number of anilines is 1. The van der Waals surface area contributed by atoms with E-state index in [2.05, 4.69) is 5.32 Å². The number of ether oxygens (including phenoxy) is 3. The van der Waals surface area contributed by atoms with Crippen LogP contribution in [0.2, 0.25) is 0 Å². The van der Waals surface area contributed by atoms with Crippen LogP contribution in [0.25, 0.3) is 0 Å². The van der Waals surface area contributed by atoms with E-state index < -0.39 is 12.2 Å². The standard InChI is InChI=1S/C19H20N2O5/c1-24-15-9-7-14(8-10-15)21-12-17(26-19(21)23)11-20-18(22)13-25-16-5-3-2-4-6-16/h2-10,17H,11-13H2,1H3,(H,20,22). The molecule has 0 saturated carbocycles. The fourth-order valence-electron chi connectivity index (χ4n) is 2.55. The second kappa shape index (κ2) is 8.24. The summed E-state index contributed by atoms with van der Waals surface area (Å²) >= 11 is 0. The van der Waals surface area contributed by atoms with Gasteiger partial charge in [0.2, 0.25) is 0 Å².